The molecule has 8 nitrogen and oxygen atoms in total. The Morgan fingerprint density at radius 1 is 0.906 bits per heavy atom. The number of aromatic nitrogens is 1. The van der Waals surface area contributed by atoms with Crippen molar-refractivity contribution in [2.45, 2.75) is 20.8 Å². The fourth-order valence-corrected chi connectivity index (χ4v) is 3.17. The molecule has 0 aliphatic rings. The van der Waals surface area contributed by atoms with Crippen LogP contribution < -0.4 is 10.1 Å². The predicted octanol–water partition coefficient (Wildman–Crippen LogP) is 4.16. The Morgan fingerprint density at radius 2 is 1.53 bits per heavy atom. The number of amides is 1. The number of benzene rings is 2. The van der Waals surface area contributed by atoms with Crippen molar-refractivity contribution in [3.63, 3.8) is 0 Å². The highest BCUT2D eigenvalue weighted by molar-refractivity contribution is 6.08. The molecule has 8 heteroatoms. The van der Waals surface area contributed by atoms with Gasteiger partial charge in [-0.2, -0.15) is 0 Å². The van der Waals surface area contributed by atoms with Crippen LogP contribution in [-0.4, -0.2) is 43.2 Å². The summed E-state index contributed by atoms with van der Waals surface area (Å²) >= 11 is 0. The van der Waals surface area contributed by atoms with E-state index in [1.54, 1.807) is 46.1 Å². The van der Waals surface area contributed by atoms with Crippen molar-refractivity contribution in [2.24, 2.45) is 0 Å². The van der Waals surface area contributed by atoms with Crippen molar-refractivity contribution in [1.82, 2.24) is 4.98 Å². The van der Waals surface area contributed by atoms with Gasteiger partial charge in [-0.3, -0.25) is 9.78 Å². The molecule has 1 N–H and O–H groups in total. The summed E-state index contributed by atoms with van der Waals surface area (Å²) < 4.78 is 15.3. The summed E-state index contributed by atoms with van der Waals surface area (Å²) in [5, 5.41) is 3.48. The summed E-state index contributed by atoms with van der Waals surface area (Å²) in [5.41, 5.74) is 2.14. The van der Waals surface area contributed by atoms with Gasteiger partial charge in [-0.1, -0.05) is 0 Å². The third-order valence-corrected chi connectivity index (χ3v) is 4.67. The second-order valence-corrected chi connectivity index (χ2v) is 6.87. The molecule has 1 aromatic heterocycles. The Hall–Kier alpha value is -3.94. The van der Waals surface area contributed by atoms with E-state index in [0.29, 0.717) is 17.0 Å². The van der Waals surface area contributed by atoms with Gasteiger partial charge in [0.05, 0.1) is 48.2 Å². The van der Waals surface area contributed by atoms with Crippen LogP contribution in [0.3, 0.4) is 0 Å². The highest BCUT2D eigenvalue weighted by Crippen LogP contribution is 2.23. The summed E-state index contributed by atoms with van der Waals surface area (Å²) in [5.74, 6) is -0.999. The number of hydrogen-bond donors (Lipinski definition) is 1. The maximum Gasteiger partial charge on any atom is 0.338 e. The van der Waals surface area contributed by atoms with Crippen molar-refractivity contribution in [2.75, 3.05) is 25.6 Å². The third-order valence-electron chi connectivity index (χ3n) is 4.67. The highest BCUT2D eigenvalue weighted by atomic mass is 16.5. The van der Waals surface area contributed by atoms with E-state index < -0.39 is 17.8 Å². The molecule has 0 saturated heterocycles. The molecule has 3 rings (SSSR count). The fourth-order valence-electron chi connectivity index (χ4n) is 3.17. The van der Waals surface area contributed by atoms with Gasteiger partial charge >= 0.3 is 11.9 Å². The minimum Gasteiger partial charge on any atom is -0.497 e. The lowest BCUT2D eigenvalue weighted by atomic mass is 10.1. The molecular weight excluding hydrogens is 412 g/mol. The standard InChI is InChI=1S/C24H24N2O6/c1-5-31-23(28)16-9-17(24(29)32-6-2)11-18(10-16)26-22(27)20-13-15-12-19(30-4)7-8-21(15)25-14(20)3/h7-13H,5-6H2,1-4H3,(H,26,27). The number of pyridine rings is 1. The number of aryl methyl sites for hydroxylation is 1. The van der Waals surface area contributed by atoms with E-state index in [9.17, 15) is 14.4 Å². The van der Waals surface area contributed by atoms with E-state index >= 15 is 0 Å². The fraction of sp³-hybridized carbons (Fsp3) is 0.250. The zero-order valence-electron chi connectivity index (χ0n) is 18.4. The van der Waals surface area contributed by atoms with Gasteiger partial charge < -0.3 is 19.5 Å². The van der Waals surface area contributed by atoms with Crippen LogP contribution in [0.1, 0.15) is 50.6 Å². The lowest BCUT2D eigenvalue weighted by Crippen LogP contribution is -2.16. The predicted molar refractivity (Wildman–Crippen MR) is 119 cm³/mol. The second kappa shape index (κ2) is 9.91. The van der Waals surface area contributed by atoms with Crippen LogP contribution in [0.2, 0.25) is 0 Å². The van der Waals surface area contributed by atoms with Crippen LogP contribution in [0.4, 0.5) is 5.69 Å². The minimum absolute atomic E-state index is 0.130. The molecule has 1 amide bonds. The maximum atomic E-state index is 13.0. The van der Waals surface area contributed by atoms with E-state index in [-0.39, 0.29) is 30.0 Å². The molecule has 0 atom stereocenters. The zero-order valence-corrected chi connectivity index (χ0v) is 18.4. The summed E-state index contributed by atoms with van der Waals surface area (Å²) in [6, 6.07) is 11.4. The number of ether oxygens (including phenoxy) is 3. The average Bonchev–Trinajstić information content (AvgIpc) is 2.78. The zero-order chi connectivity index (χ0) is 23.3. The van der Waals surface area contributed by atoms with Gasteiger partial charge in [0.15, 0.2) is 0 Å². The first-order valence-corrected chi connectivity index (χ1v) is 10.1. The van der Waals surface area contributed by atoms with E-state index in [1.165, 1.54) is 18.2 Å². The Kier molecular flexibility index (Phi) is 7.04. The molecule has 0 bridgehead atoms. The van der Waals surface area contributed by atoms with Crippen molar-refractivity contribution < 1.29 is 28.6 Å². The lowest BCUT2D eigenvalue weighted by Gasteiger charge is -2.12. The molecule has 0 aliphatic carbocycles. The Balaban J connectivity index is 1.97. The molecule has 0 aliphatic heterocycles. The normalized spacial score (nSPS) is 10.5. The van der Waals surface area contributed by atoms with Crippen molar-refractivity contribution in [3.05, 3.63) is 64.8 Å². The van der Waals surface area contributed by atoms with Crippen LogP contribution in [0.15, 0.2) is 42.5 Å². The Bertz CT molecular complexity index is 1150. The number of nitrogens with one attached hydrogen (secondary N) is 1. The number of hydrogen-bond acceptors (Lipinski definition) is 7. The van der Waals surface area contributed by atoms with Gasteiger partial charge in [0, 0.05) is 11.1 Å². The molecular formula is C24H24N2O6. The second-order valence-electron chi connectivity index (χ2n) is 6.87. The van der Waals surface area contributed by atoms with Gasteiger partial charge in [-0.15, -0.1) is 0 Å². The van der Waals surface area contributed by atoms with Crippen molar-refractivity contribution >= 4 is 34.4 Å². The number of esters is 2. The van der Waals surface area contributed by atoms with Gasteiger partial charge in [0.1, 0.15) is 5.75 Å². The summed E-state index contributed by atoms with van der Waals surface area (Å²) in [6.45, 7) is 5.45. The lowest BCUT2D eigenvalue weighted by molar-refractivity contribution is 0.0525. The first-order chi connectivity index (χ1) is 15.4. The average molecular weight is 436 g/mol. The monoisotopic (exact) mass is 436 g/mol. The molecule has 2 aromatic carbocycles. The molecule has 0 unspecified atom stereocenters. The highest BCUT2D eigenvalue weighted by Gasteiger charge is 2.18. The number of nitrogens with zero attached hydrogens (tertiary/aromatic N) is 1. The summed E-state index contributed by atoms with van der Waals surface area (Å²) in [6.07, 6.45) is 0. The van der Waals surface area contributed by atoms with Crippen LogP contribution in [-0.2, 0) is 9.47 Å². The van der Waals surface area contributed by atoms with E-state index in [4.69, 9.17) is 14.2 Å². The molecule has 0 fully saturated rings. The smallest absolute Gasteiger partial charge is 0.338 e. The number of anilines is 1. The molecule has 3 aromatic rings. The number of rotatable bonds is 7. The van der Waals surface area contributed by atoms with E-state index in [2.05, 4.69) is 10.3 Å². The van der Waals surface area contributed by atoms with Crippen LogP contribution in [0, 0.1) is 6.92 Å². The minimum atomic E-state index is -0.607. The quantitative estimate of drug-likeness (QED) is 0.555. The molecule has 0 radical (unpaired) electrons. The summed E-state index contributed by atoms with van der Waals surface area (Å²) in [4.78, 5) is 42.0. The van der Waals surface area contributed by atoms with Gasteiger partial charge in [-0.05, 0) is 63.2 Å². The van der Waals surface area contributed by atoms with Crippen molar-refractivity contribution in [1.29, 1.82) is 0 Å². The van der Waals surface area contributed by atoms with Gasteiger partial charge in [-0.25, -0.2) is 9.59 Å². The molecule has 1 heterocycles. The number of fused-ring (bicyclic) bond motifs is 1. The SMILES string of the molecule is CCOC(=O)c1cc(NC(=O)c2cc3cc(OC)ccc3nc2C)cc(C(=O)OCC)c1. The molecule has 166 valence electrons. The van der Waals surface area contributed by atoms with E-state index in [1.807, 2.05) is 6.07 Å². The van der Waals surface area contributed by atoms with Crippen molar-refractivity contribution in [3.8, 4) is 5.75 Å². The Labute approximate surface area is 185 Å². The first-order valence-electron chi connectivity index (χ1n) is 10.1. The van der Waals surface area contributed by atoms with Gasteiger partial charge in [0.2, 0.25) is 0 Å². The first kappa shape index (κ1) is 22.7. The van der Waals surface area contributed by atoms with Crippen LogP contribution >= 0.6 is 0 Å². The molecule has 32 heavy (non-hydrogen) atoms. The molecule has 0 saturated carbocycles. The van der Waals surface area contributed by atoms with Crippen LogP contribution in [0.25, 0.3) is 10.9 Å². The summed E-state index contributed by atoms with van der Waals surface area (Å²) in [7, 11) is 1.56. The largest absolute Gasteiger partial charge is 0.497 e. The van der Waals surface area contributed by atoms with E-state index in [0.717, 1.165) is 10.9 Å². The topological polar surface area (TPSA) is 104 Å². The Morgan fingerprint density at radius 3 is 2.09 bits per heavy atom. The maximum absolute atomic E-state index is 13.0. The molecule has 0 spiro atoms. The number of carbonyl (C=O) groups is 3. The third kappa shape index (κ3) is 5.03. The number of carbonyl (C=O) groups excluding carboxylic acids is 3. The van der Waals surface area contributed by atoms with Crippen LogP contribution in [0.5, 0.6) is 5.75 Å². The van der Waals surface area contributed by atoms with Gasteiger partial charge in [0.25, 0.3) is 5.91 Å². The number of methoxy groups -OCH3 is 1.